The number of hydrogen-bond acceptors (Lipinski definition) is 6. The number of rotatable bonds is 6. The highest BCUT2D eigenvalue weighted by Crippen LogP contribution is 2.34. The summed E-state index contributed by atoms with van der Waals surface area (Å²) in [5.41, 5.74) is 1.65. The third-order valence-corrected chi connectivity index (χ3v) is 9.60. The molecule has 1 aliphatic heterocycles. The number of piperidine rings is 1. The molecule has 2 aromatic heterocycles. The maximum absolute atomic E-state index is 13.8. The van der Waals surface area contributed by atoms with Gasteiger partial charge in [-0.1, -0.05) is 40.6 Å². The largest absolute Gasteiger partial charge is 0.283 e. The third-order valence-electron chi connectivity index (χ3n) is 6.15. The van der Waals surface area contributed by atoms with Crippen molar-refractivity contribution >= 4 is 65.8 Å². The number of fused-ring (bicyclic) bond motifs is 1. The topological polar surface area (TPSA) is 83.5 Å². The molecule has 1 aliphatic rings. The van der Waals surface area contributed by atoms with E-state index >= 15 is 0 Å². The molecule has 11 heteroatoms. The Morgan fingerprint density at radius 2 is 1.78 bits per heavy atom. The zero-order valence-corrected chi connectivity index (χ0v) is 22.2. The first kappa shape index (κ1) is 25.1. The Balaban J connectivity index is 1.37. The first-order valence-corrected chi connectivity index (χ1v) is 14.3. The molecule has 0 atom stereocenters. The number of sulfonamides is 1. The first-order valence-electron chi connectivity index (χ1n) is 11.3. The molecule has 1 fully saturated rings. The summed E-state index contributed by atoms with van der Waals surface area (Å²) in [6.45, 7) is 0.846. The monoisotopic (exact) mass is 560 g/mol. The van der Waals surface area contributed by atoms with Gasteiger partial charge in [0.25, 0.3) is 0 Å². The number of hydrogen-bond donors (Lipinski definition) is 0. The quantitative estimate of drug-likeness (QED) is 0.305. The van der Waals surface area contributed by atoms with Crippen LogP contribution in [0, 0.1) is 5.92 Å². The highest BCUT2D eigenvalue weighted by molar-refractivity contribution is 7.89. The second kappa shape index (κ2) is 10.4. The lowest BCUT2D eigenvalue weighted by atomic mass is 9.96. The molecule has 4 aromatic rings. The van der Waals surface area contributed by atoms with Gasteiger partial charge in [0.1, 0.15) is 0 Å². The molecule has 36 heavy (non-hydrogen) atoms. The van der Waals surface area contributed by atoms with Gasteiger partial charge in [0.05, 0.1) is 21.7 Å². The minimum Gasteiger partial charge on any atom is -0.283 e. The van der Waals surface area contributed by atoms with Gasteiger partial charge in [0.15, 0.2) is 5.13 Å². The van der Waals surface area contributed by atoms with E-state index in [2.05, 4.69) is 4.98 Å². The summed E-state index contributed by atoms with van der Waals surface area (Å²) < 4.78 is 28.4. The van der Waals surface area contributed by atoms with Gasteiger partial charge in [-0.15, -0.1) is 0 Å². The standard InChI is InChI=1S/C25H22Cl2N4O3S2/c26-19-3-6-21(7-4-19)36(33,34)30-12-9-18(10-13-30)24(32)31(16-17-2-1-11-28-15-17)25-29-22-8-5-20(27)14-23(22)35-25/h1-8,11,14-15,18H,9-10,12-13,16H2. The van der Waals surface area contributed by atoms with Crippen molar-refractivity contribution in [3.63, 3.8) is 0 Å². The number of halogens is 2. The number of benzene rings is 2. The minimum atomic E-state index is -3.65. The fraction of sp³-hybridized carbons (Fsp3) is 0.240. The number of carbonyl (C=O) groups is 1. The number of carbonyl (C=O) groups excluding carboxylic acids is 1. The number of thiazole rings is 1. The van der Waals surface area contributed by atoms with Gasteiger partial charge in [0, 0.05) is 41.4 Å². The van der Waals surface area contributed by atoms with E-state index in [9.17, 15) is 13.2 Å². The molecule has 0 N–H and O–H groups in total. The van der Waals surface area contributed by atoms with Crippen LogP contribution in [-0.4, -0.2) is 41.7 Å². The normalized spacial score (nSPS) is 15.3. The van der Waals surface area contributed by atoms with Crippen molar-refractivity contribution in [3.8, 4) is 0 Å². The molecule has 5 rings (SSSR count). The molecule has 1 saturated heterocycles. The van der Waals surface area contributed by atoms with Gasteiger partial charge in [-0.3, -0.25) is 14.7 Å². The molecule has 7 nitrogen and oxygen atoms in total. The SMILES string of the molecule is O=C(C1CCN(S(=O)(=O)c2ccc(Cl)cc2)CC1)N(Cc1cccnc1)c1nc2ccc(Cl)cc2s1. The van der Waals surface area contributed by atoms with Crippen LogP contribution in [0.3, 0.4) is 0 Å². The lowest BCUT2D eigenvalue weighted by molar-refractivity contribution is -0.123. The fourth-order valence-electron chi connectivity index (χ4n) is 4.23. The number of amides is 1. The van der Waals surface area contributed by atoms with E-state index in [1.165, 1.54) is 27.8 Å². The molecule has 0 bridgehead atoms. The Kier molecular flexibility index (Phi) is 7.28. The minimum absolute atomic E-state index is 0.0763. The summed E-state index contributed by atoms with van der Waals surface area (Å²) in [5.74, 6) is -0.401. The zero-order valence-electron chi connectivity index (χ0n) is 19.0. The predicted molar refractivity (Wildman–Crippen MR) is 143 cm³/mol. The van der Waals surface area contributed by atoms with Gasteiger partial charge in [-0.05, 0) is 66.9 Å². The molecule has 0 aliphatic carbocycles. The summed E-state index contributed by atoms with van der Waals surface area (Å²) in [4.78, 5) is 24.5. The van der Waals surface area contributed by atoms with Crippen LogP contribution in [0.4, 0.5) is 5.13 Å². The highest BCUT2D eigenvalue weighted by Gasteiger charge is 2.35. The highest BCUT2D eigenvalue weighted by atomic mass is 35.5. The molecule has 1 amide bonds. The fourth-order valence-corrected chi connectivity index (χ4v) is 7.08. The van der Waals surface area contributed by atoms with E-state index in [0.29, 0.717) is 34.6 Å². The molecular formula is C25H22Cl2N4O3S2. The Morgan fingerprint density at radius 1 is 1.06 bits per heavy atom. The molecule has 0 radical (unpaired) electrons. The molecule has 0 spiro atoms. The molecule has 2 aromatic carbocycles. The van der Waals surface area contributed by atoms with Gasteiger partial charge in [-0.25, -0.2) is 13.4 Å². The van der Waals surface area contributed by atoms with Gasteiger partial charge < -0.3 is 0 Å². The number of aromatic nitrogens is 2. The van der Waals surface area contributed by atoms with Gasteiger partial charge >= 0.3 is 0 Å². The van der Waals surface area contributed by atoms with Crippen LogP contribution >= 0.6 is 34.5 Å². The van der Waals surface area contributed by atoms with Crippen LogP contribution in [0.25, 0.3) is 10.2 Å². The maximum Gasteiger partial charge on any atom is 0.243 e. The lowest BCUT2D eigenvalue weighted by Crippen LogP contribution is -2.44. The second-order valence-electron chi connectivity index (χ2n) is 8.53. The van der Waals surface area contributed by atoms with Crippen LogP contribution < -0.4 is 4.90 Å². The number of pyridine rings is 1. The summed E-state index contributed by atoms with van der Waals surface area (Å²) in [6.07, 6.45) is 4.26. The predicted octanol–water partition coefficient (Wildman–Crippen LogP) is 5.63. The molecule has 3 heterocycles. The summed E-state index contributed by atoms with van der Waals surface area (Å²) in [5, 5.41) is 1.67. The van der Waals surface area contributed by atoms with E-state index in [4.69, 9.17) is 28.2 Å². The van der Waals surface area contributed by atoms with Crippen molar-refractivity contribution in [2.75, 3.05) is 18.0 Å². The van der Waals surface area contributed by atoms with Gasteiger partial charge in [-0.2, -0.15) is 4.31 Å². The van der Waals surface area contributed by atoms with Crippen LogP contribution in [-0.2, 0) is 21.4 Å². The molecule has 186 valence electrons. The van der Waals surface area contributed by atoms with E-state index in [1.54, 1.807) is 35.5 Å². The van der Waals surface area contributed by atoms with Crippen LogP contribution in [0.15, 0.2) is 71.9 Å². The van der Waals surface area contributed by atoms with Gasteiger partial charge in [0.2, 0.25) is 15.9 Å². The van der Waals surface area contributed by atoms with Crippen molar-refractivity contribution in [1.29, 1.82) is 0 Å². The van der Waals surface area contributed by atoms with Crippen molar-refractivity contribution in [2.45, 2.75) is 24.3 Å². The Bertz CT molecular complexity index is 1490. The number of nitrogens with zero attached hydrogens (tertiary/aromatic N) is 4. The van der Waals surface area contributed by atoms with Crippen LogP contribution in [0.1, 0.15) is 18.4 Å². The van der Waals surface area contributed by atoms with Crippen molar-refractivity contribution in [1.82, 2.24) is 14.3 Å². The van der Waals surface area contributed by atoms with E-state index in [0.717, 1.165) is 15.8 Å². The van der Waals surface area contributed by atoms with E-state index in [1.807, 2.05) is 24.3 Å². The van der Waals surface area contributed by atoms with Crippen molar-refractivity contribution < 1.29 is 13.2 Å². The smallest absolute Gasteiger partial charge is 0.243 e. The number of anilines is 1. The van der Waals surface area contributed by atoms with E-state index < -0.39 is 10.0 Å². The lowest BCUT2D eigenvalue weighted by Gasteiger charge is -2.33. The molecule has 0 unspecified atom stereocenters. The van der Waals surface area contributed by atoms with E-state index in [-0.39, 0.29) is 29.8 Å². The third kappa shape index (κ3) is 5.26. The molecular weight excluding hydrogens is 539 g/mol. The zero-order chi connectivity index (χ0) is 25.3. The Morgan fingerprint density at radius 3 is 2.47 bits per heavy atom. The average molecular weight is 562 g/mol. The van der Waals surface area contributed by atoms with Crippen molar-refractivity contribution in [3.05, 3.63) is 82.6 Å². The summed E-state index contributed by atoms with van der Waals surface area (Å²) >= 11 is 13.5. The molecule has 0 saturated carbocycles. The second-order valence-corrected chi connectivity index (χ2v) is 12.3. The summed E-state index contributed by atoms with van der Waals surface area (Å²) in [6, 6.07) is 15.3. The maximum atomic E-state index is 13.8. The van der Waals surface area contributed by atoms with Crippen LogP contribution in [0.2, 0.25) is 10.0 Å². The average Bonchev–Trinajstić information content (AvgIpc) is 3.31. The summed E-state index contributed by atoms with van der Waals surface area (Å²) in [7, 11) is -3.65. The first-order chi connectivity index (χ1) is 17.3. The van der Waals surface area contributed by atoms with Crippen molar-refractivity contribution in [2.24, 2.45) is 5.92 Å². The van der Waals surface area contributed by atoms with Crippen LogP contribution in [0.5, 0.6) is 0 Å². The Labute approximate surface area is 223 Å². The Hall–Kier alpha value is -2.56.